The van der Waals surface area contributed by atoms with Crippen molar-refractivity contribution in [1.29, 1.82) is 0 Å². The van der Waals surface area contributed by atoms with E-state index in [1.807, 2.05) is 23.1 Å². The molecule has 5 nitrogen and oxygen atoms in total. The van der Waals surface area contributed by atoms with Crippen LogP contribution in [0.5, 0.6) is 0 Å². The molecule has 2 aliphatic rings. The van der Waals surface area contributed by atoms with Crippen LogP contribution in [0.15, 0.2) is 36.4 Å². The molecule has 1 fully saturated rings. The average Bonchev–Trinajstić information content (AvgIpc) is 3.15. The highest BCUT2D eigenvalue weighted by atomic mass is 19.4. The lowest BCUT2D eigenvalue weighted by Crippen LogP contribution is -2.38. The van der Waals surface area contributed by atoms with E-state index in [2.05, 4.69) is 28.6 Å². The number of benzene rings is 1. The number of urea groups is 1. The van der Waals surface area contributed by atoms with Gasteiger partial charge in [0.15, 0.2) is 0 Å². The molecule has 0 bridgehead atoms. The van der Waals surface area contributed by atoms with E-state index < -0.39 is 11.9 Å². The third kappa shape index (κ3) is 4.94. The number of nitrogens with one attached hydrogen (secondary N) is 2. The number of piperidine rings is 1. The maximum absolute atomic E-state index is 13.2. The molecule has 1 atom stereocenters. The van der Waals surface area contributed by atoms with Gasteiger partial charge in [0.2, 0.25) is 0 Å². The van der Waals surface area contributed by atoms with Crippen molar-refractivity contribution in [2.24, 2.45) is 5.92 Å². The van der Waals surface area contributed by atoms with E-state index in [1.165, 1.54) is 11.6 Å². The SMILES string of the molecule is CC1CCN(c2nc(C(F)(F)F)ccc2CNC(=O)NC2CCc3ccccc32)CC1. The fourth-order valence-electron chi connectivity index (χ4n) is 4.36. The summed E-state index contributed by atoms with van der Waals surface area (Å²) in [5, 5.41) is 5.79. The van der Waals surface area contributed by atoms with Gasteiger partial charge in [-0.15, -0.1) is 0 Å². The van der Waals surface area contributed by atoms with E-state index in [-0.39, 0.29) is 18.6 Å². The number of nitrogens with zero attached hydrogens (tertiary/aromatic N) is 2. The Morgan fingerprint density at radius 3 is 2.61 bits per heavy atom. The molecule has 0 radical (unpaired) electrons. The Balaban J connectivity index is 1.45. The molecule has 166 valence electrons. The first kappa shape index (κ1) is 21.5. The van der Waals surface area contributed by atoms with Crippen LogP contribution in [0.4, 0.5) is 23.8 Å². The van der Waals surface area contributed by atoms with E-state index in [9.17, 15) is 18.0 Å². The Bertz CT molecular complexity index is 939. The van der Waals surface area contributed by atoms with Crippen molar-refractivity contribution < 1.29 is 18.0 Å². The zero-order valence-electron chi connectivity index (χ0n) is 17.5. The highest BCUT2D eigenvalue weighted by molar-refractivity contribution is 5.75. The summed E-state index contributed by atoms with van der Waals surface area (Å²) in [7, 11) is 0. The molecule has 1 saturated heterocycles. The first-order chi connectivity index (χ1) is 14.8. The number of hydrogen-bond acceptors (Lipinski definition) is 3. The second kappa shape index (κ2) is 8.77. The van der Waals surface area contributed by atoms with Crippen molar-refractivity contribution in [3.63, 3.8) is 0 Å². The molecule has 2 aromatic rings. The number of pyridine rings is 1. The summed E-state index contributed by atoms with van der Waals surface area (Å²) < 4.78 is 39.7. The third-order valence-electron chi connectivity index (χ3n) is 6.21. The fourth-order valence-corrected chi connectivity index (χ4v) is 4.36. The maximum Gasteiger partial charge on any atom is 0.433 e. The summed E-state index contributed by atoms with van der Waals surface area (Å²) in [6.45, 7) is 3.58. The third-order valence-corrected chi connectivity index (χ3v) is 6.21. The zero-order valence-corrected chi connectivity index (χ0v) is 17.5. The van der Waals surface area contributed by atoms with Crippen LogP contribution in [0.25, 0.3) is 0 Å². The summed E-state index contributed by atoms with van der Waals surface area (Å²) in [5.41, 5.74) is 2.04. The van der Waals surface area contributed by atoms with Gasteiger partial charge in [-0.2, -0.15) is 13.2 Å². The molecule has 1 aromatic carbocycles. The number of fused-ring (bicyclic) bond motifs is 1. The molecule has 1 unspecified atom stereocenters. The van der Waals surface area contributed by atoms with Crippen LogP contribution in [-0.2, 0) is 19.1 Å². The normalized spacial score (nSPS) is 19.2. The van der Waals surface area contributed by atoms with Crippen LogP contribution < -0.4 is 15.5 Å². The highest BCUT2D eigenvalue weighted by Gasteiger charge is 2.34. The molecule has 2 N–H and O–H groups in total. The molecule has 1 aliphatic heterocycles. The van der Waals surface area contributed by atoms with Gasteiger partial charge in [-0.05, 0) is 48.8 Å². The van der Waals surface area contributed by atoms with Gasteiger partial charge in [0, 0.05) is 25.2 Å². The molecule has 0 saturated carbocycles. The number of carbonyl (C=O) groups is 1. The molecular weight excluding hydrogens is 405 g/mol. The first-order valence-corrected chi connectivity index (χ1v) is 10.8. The van der Waals surface area contributed by atoms with Crippen LogP contribution in [0.1, 0.15) is 54.6 Å². The molecule has 1 aliphatic carbocycles. The van der Waals surface area contributed by atoms with Gasteiger partial charge in [0.25, 0.3) is 0 Å². The van der Waals surface area contributed by atoms with Crippen molar-refractivity contribution in [2.75, 3.05) is 18.0 Å². The van der Waals surface area contributed by atoms with Gasteiger partial charge >= 0.3 is 12.2 Å². The molecule has 2 heterocycles. The van der Waals surface area contributed by atoms with Gasteiger partial charge in [0.1, 0.15) is 11.5 Å². The van der Waals surface area contributed by atoms with Gasteiger partial charge in [-0.25, -0.2) is 9.78 Å². The van der Waals surface area contributed by atoms with Crippen LogP contribution >= 0.6 is 0 Å². The minimum absolute atomic E-state index is 0.0509. The number of aryl methyl sites for hydroxylation is 1. The first-order valence-electron chi connectivity index (χ1n) is 10.8. The van der Waals surface area contributed by atoms with Crippen molar-refractivity contribution in [1.82, 2.24) is 15.6 Å². The summed E-state index contributed by atoms with van der Waals surface area (Å²) in [6.07, 6.45) is -0.928. The second-order valence-electron chi connectivity index (χ2n) is 8.46. The zero-order chi connectivity index (χ0) is 22.0. The summed E-state index contributed by atoms with van der Waals surface area (Å²) in [5.74, 6) is 0.858. The van der Waals surface area contributed by atoms with E-state index in [0.29, 0.717) is 30.4 Å². The lowest BCUT2D eigenvalue weighted by Gasteiger charge is -2.33. The van der Waals surface area contributed by atoms with Crippen molar-refractivity contribution in [3.05, 3.63) is 58.8 Å². The average molecular weight is 432 g/mol. The fraction of sp³-hybridized carbons (Fsp3) is 0.478. The molecular formula is C23H27F3N4O. The minimum Gasteiger partial charge on any atom is -0.356 e. The molecule has 4 rings (SSSR count). The summed E-state index contributed by atoms with van der Waals surface area (Å²) >= 11 is 0. The number of aromatic nitrogens is 1. The van der Waals surface area contributed by atoms with Crippen LogP contribution in [0.3, 0.4) is 0 Å². The number of hydrogen-bond donors (Lipinski definition) is 2. The van der Waals surface area contributed by atoms with Crippen LogP contribution in [-0.4, -0.2) is 24.1 Å². The number of carbonyl (C=O) groups excluding carboxylic acids is 1. The Kier molecular flexibility index (Phi) is 6.07. The van der Waals surface area contributed by atoms with Crippen molar-refractivity contribution in [3.8, 4) is 0 Å². The number of amides is 2. The number of halogens is 3. The standard InChI is InChI=1S/C23H27F3N4O/c1-15-10-12-30(13-11-15)21-17(7-9-20(29-21)23(24,25)26)14-27-22(31)28-19-8-6-16-4-2-3-5-18(16)19/h2-5,7,9,15,19H,6,8,10-14H2,1H3,(H2,27,28,31). The van der Waals surface area contributed by atoms with E-state index >= 15 is 0 Å². The van der Waals surface area contributed by atoms with Crippen molar-refractivity contribution >= 4 is 11.8 Å². The Morgan fingerprint density at radius 2 is 1.87 bits per heavy atom. The molecule has 8 heteroatoms. The molecule has 1 aromatic heterocycles. The van der Waals surface area contributed by atoms with Crippen LogP contribution in [0, 0.1) is 5.92 Å². The topological polar surface area (TPSA) is 57.3 Å². The predicted octanol–water partition coefficient (Wildman–Crippen LogP) is 4.82. The monoisotopic (exact) mass is 432 g/mol. The lowest BCUT2D eigenvalue weighted by molar-refractivity contribution is -0.141. The smallest absolute Gasteiger partial charge is 0.356 e. The van der Waals surface area contributed by atoms with Gasteiger partial charge < -0.3 is 15.5 Å². The van der Waals surface area contributed by atoms with Gasteiger partial charge in [0.05, 0.1) is 6.04 Å². The number of rotatable bonds is 4. The Hall–Kier alpha value is -2.77. The molecule has 2 amide bonds. The van der Waals surface area contributed by atoms with Gasteiger partial charge in [-0.3, -0.25) is 0 Å². The quantitative estimate of drug-likeness (QED) is 0.728. The molecule has 0 spiro atoms. The Labute approximate surface area is 180 Å². The minimum atomic E-state index is -4.50. The maximum atomic E-state index is 13.2. The van der Waals surface area contributed by atoms with Gasteiger partial charge in [-0.1, -0.05) is 37.3 Å². The second-order valence-corrected chi connectivity index (χ2v) is 8.46. The van der Waals surface area contributed by atoms with Crippen molar-refractivity contribution in [2.45, 2.75) is 51.4 Å². The van der Waals surface area contributed by atoms with E-state index in [0.717, 1.165) is 37.3 Å². The van der Waals surface area contributed by atoms with E-state index in [1.54, 1.807) is 0 Å². The highest BCUT2D eigenvalue weighted by Crippen LogP contribution is 2.33. The lowest BCUT2D eigenvalue weighted by atomic mass is 9.99. The largest absolute Gasteiger partial charge is 0.433 e. The Morgan fingerprint density at radius 1 is 1.13 bits per heavy atom. The predicted molar refractivity (Wildman–Crippen MR) is 113 cm³/mol. The number of anilines is 1. The molecule has 31 heavy (non-hydrogen) atoms. The summed E-state index contributed by atoms with van der Waals surface area (Å²) in [6, 6.07) is 10.0. The van der Waals surface area contributed by atoms with Crippen LogP contribution in [0.2, 0.25) is 0 Å². The number of alkyl halides is 3. The van der Waals surface area contributed by atoms with E-state index in [4.69, 9.17) is 0 Å². The summed E-state index contributed by atoms with van der Waals surface area (Å²) in [4.78, 5) is 18.3.